The standard InChI is InChI=1S/C17H13ClN2OS.BrH/c18-14-8-6-12(7-9-14)15-11-22-16(20-15)10-19-17(21)13-4-2-1-3-5-13;/h1-9,11H,10H2,(H,19,21);1H. The van der Waals surface area contributed by atoms with E-state index in [2.05, 4.69) is 10.3 Å². The van der Waals surface area contributed by atoms with E-state index in [1.165, 1.54) is 11.3 Å². The van der Waals surface area contributed by atoms with Crippen molar-refractivity contribution in [1.82, 2.24) is 10.3 Å². The third-order valence-corrected chi connectivity index (χ3v) is 4.23. The summed E-state index contributed by atoms with van der Waals surface area (Å²) < 4.78 is 0. The van der Waals surface area contributed by atoms with Gasteiger partial charge in [0.25, 0.3) is 5.91 Å². The molecule has 1 heterocycles. The van der Waals surface area contributed by atoms with Crippen molar-refractivity contribution in [3.05, 3.63) is 75.6 Å². The summed E-state index contributed by atoms with van der Waals surface area (Å²) in [5.74, 6) is -0.0937. The molecular weight excluding hydrogens is 396 g/mol. The van der Waals surface area contributed by atoms with Crippen LogP contribution < -0.4 is 5.32 Å². The van der Waals surface area contributed by atoms with Gasteiger partial charge in [0, 0.05) is 21.5 Å². The molecular formula is C17H14BrClN2OS. The second kappa shape index (κ2) is 8.24. The van der Waals surface area contributed by atoms with E-state index in [9.17, 15) is 4.79 Å². The third-order valence-electron chi connectivity index (χ3n) is 3.13. The molecule has 6 heteroatoms. The smallest absolute Gasteiger partial charge is 0.251 e. The number of carbonyl (C=O) groups excluding carboxylic acids is 1. The molecule has 0 spiro atoms. The summed E-state index contributed by atoms with van der Waals surface area (Å²) in [6.07, 6.45) is 0. The van der Waals surface area contributed by atoms with Gasteiger partial charge in [0.1, 0.15) is 5.01 Å². The summed E-state index contributed by atoms with van der Waals surface area (Å²) in [6, 6.07) is 16.7. The zero-order chi connectivity index (χ0) is 15.4. The Balaban J connectivity index is 0.00000192. The highest BCUT2D eigenvalue weighted by molar-refractivity contribution is 8.93. The van der Waals surface area contributed by atoms with Gasteiger partial charge in [-0.1, -0.05) is 41.9 Å². The Labute approximate surface area is 154 Å². The lowest BCUT2D eigenvalue weighted by molar-refractivity contribution is 0.0951. The molecule has 3 rings (SSSR count). The minimum Gasteiger partial charge on any atom is -0.346 e. The Bertz CT molecular complexity index is 775. The Morgan fingerprint density at radius 2 is 1.78 bits per heavy atom. The average molecular weight is 410 g/mol. The SMILES string of the molecule is Br.O=C(NCc1nc(-c2ccc(Cl)cc2)cs1)c1ccccc1. The number of thiazole rings is 1. The summed E-state index contributed by atoms with van der Waals surface area (Å²) >= 11 is 7.41. The lowest BCUT2D eigenvalue weighted by atomic mass is 10.2. The lowest BCUT2D eigenvalue weighted by Gasteiger charge is -2.02. The molecule has 1 N–H and O–H groups in total. The van der Waals surface area contributed by atoms with Gasteiger partial charge in [-0.05, 0) is 24.3 Å². The van der Waals surface area contributed by atoms with Gasteiger partial charge in [-0.15, -0.1) is 28.3 Å². The van der Waals surface area contributed by atoms with E-state index in [0.717, 1.165) is 16.3 Å². The van der Waals surface area contributed by atoms with Crippen LogP contribution in [-0.2, 0) is 6.54 Å². The first-order valence-electron chi connectivity index (χ1n) is 6.76. The van der Waals surface area contributed by atoms with Gasteiger partial charge >= 0.3 is 0 Å². The first-order valence-corrected chi connectivity index (χ1v) is 8.02. The zero-order valence-corrected chi connectivity index (χ0v) is 15.3. The van der Waals surface area contributed by atoms with Gasteiger partial charge in [0.15, 0.2) is 0 Å². The molecule has 0 saturated carbocycles. The lowest BCUT2D eigenvalue weighted by Crippen LogP contribution is -2.22. The number of nitrogens with one attached hydrogen (secondary N) is 1. The third kappa shape index (κ3) is 4.64. The van der Waals surface area contributed by atoms with Gasteiger partial charge in [0.05, 0.1) is 12.2 Å². The largest absolute Gasteiger partial charge is 0.346 e. The molecule has 3 aromatic rings. The monoisotopic (exact) mass is 408 g/mol. The quantitative estimate of drug-likeness (QED) is 0.661. The Hall–Kier alpha value is -1.69. The summed E-state index contributed by atoms with van der Waals surface area (Å²) in [5, 5.41) is 6.43. The Morgan fingerprint density at radius 1 is 1.09 bits per heavy atom. The normalized spacial score (nSPS) is 9.96. The van der Waals surface area contributed by atoms with E-state index >= 15 is 0 Å². The number of aromatic nitrogens is 1. The number of halogens is 2. The van der Waals surface area contributed by atoms with Crippen molar-refractivity contribution in [2.75, 3.05) is 0 Å². The van der Waals surface area contributed by atoms with Crippen LogP contribution in [0.1, 0.15) is 15.4 Å². The molecule has 2 aromatic carbocycles. The van der Waals surface area contributed by atoms with Crippen LogP contribution in [0, 0.1) is 0 Å². The predicted molar refractivity (Wildman–Crippen MR) is 100 cm³/mol. The number of hydrogen-bond acceptors (Lipinski definition) is 3. The molecule has 0 aliphatic rings. The van der Waals surface area contributed by atoms with Crippen molar-refractivity contribution in [1.29, 1.82) is 0 Å². The molecule has 0 atom stereocenters. The minimum absolute atomic E-state index is 0. The number of benzene rings is 2. The number of amides is 1. The topological polar surface area (TPSA) is 42.0 Å². The molecule has 0 bridgehead atoms. The molecule has 1 aromatic heterocycles. The van der Waals surface area contributed by atoms with E-state index < -0.39 is 0 Å². The Morgan fingerprint density at radius 3 is 2.48 bits per heavy atom. The highest BCUT2D eigenvalue weighted by atomic mass is 79.9. The maximum absolute atomic E-state index is 12.0. The van der Waals surface area contributed by atoms with Gasteiger partial charge in [0.2, 0.25) is 0 Å². The van der Waals surface area contributed by atoms with Crippen molar-refractivity contribution in [3.63, 3.8) is 0 Å². The fraction of sp³-hybridized carbons (Fsp3) is 0.0588. The van der Waals surface area contributed by atoms with Crippen LogP contribution in [0.4, 0.5) is 0 Å². The van der Waals surface area contributed by atoms with Gasteiger partial charge in [-0.3, -0.25) is 4.79 Å². The van der Waals surface area contributed by atoms with Crippen molar-refractivity contribution in [2.24, 2.45) is 0 Å². The van der Waals surface area contributed by atoms with Gasteiger partial charge in [-0.2, -0.15) is 0 Å². The number of rotatable bonds is 4. The molecule has 1 amide bonds. The predicted octanol–water partition coefficient (Wildman–Crippen LogP) is 4.97. The molecule has 0 fully saturated rings. The summed E-state index contributed by atoms with van der Waals surface area (Å²) in [4.78, 5) is 16.5. The van der Waals surface area contributed by atoms with Crippen LogP contribution in [0.5, 0.6) is 0 Å². The van der Waals surface area contributed by atoms with Gasteiger partial charge in [-0.25, -0.2) is 4.98 Å². The van der Waals surface area contributed by atoms with Crippen molar-refractivity contribution >= 4 is 45.8 Å². The van der Waals surface area contributed by atoms with Crippen molar-refractivity contribution < 1.29 is 4.79 Å². The maximum Gasteiger partial charge on any atom is 0.251 e. The van der Waals surface area contributed by atoms with E-state index in [1.807, 2.05) is 47.8 Å². The fourth-order valence-electron chi connectivity index (χ4n) is 1.99. The molecule has 0 radical (unpaired) electrons. The summed E-state index contributed by atoms with van der Waals surface area (Å²) in [5.41, 5.74) is 2.56. The van der Waals surface area contributed by atoms with E-state index in [-0.39, 0.29) is 22.9 Å². The fourth-order valence-corrected chi connectivity index (χ4v) is 2.86. The van der Waals surface area contributed by atoms with E-state index in [4.69, 9.17) is 11.6 Å². The number of nitrogens with zero attached hydrogens (tertiary/aromatic N) is 1. The molecule has 118 valence electrons. The molecule has 3 nitrogen and oxygen atoms in total. The molecule has 23 heavy (non-hydrogen) atoms. The number of carbonyl (C=O) groups is 1. The van der Waals surface area contributed by atoms with Crippen LogP contribution in [0.15, 0.2) is 60.0 Å². The summed E-state index contributed by atoms with van der Waals surface area (Å²) in [7, 11) is 0. The Kier molecular flexibility index (Phi) is 6.33. The molecule has 0 aliphatic carbocycles. The van der Waals surface area contributed by atoms with Crippen molar-refractivity contribution in [3.8, 4) is 11.3 Å². The average Bonchev–Trinajstić information content (AvgIpc) is 3.03. The second-order valence-electron chi connectivity index (χ2n) is 4.68. The minimum atomic E-state index is -0.0937. The number of hydrogen-bond donors (Lipinski definition) is 1. The van der Waals surface area contributed by atoms with Crippen molar-refractivity contribution in [2.45, 2.75) is 6.54 Å². The maximum atomic E-state index is 12.0. The molecule has 0 aliphatic heterocycles. The first-order chi connectivity index (χ1) is 10.7. The van der Waals surface area contributed by atoms with Crippen LogP contribution in [0.25, 0.3) is 11.3 Å². The van der Waals surface area contributed by atoms with Crippen LogP contribution in [0.3, 0.4) is 0 Å². The van der Waals surface area contributed by atoms with Crippen LogP contribution in [-0.4, -0.2) is 10.9 Å². The van der Waals surface area contributed by atoms with Crippen LogP contribution in [0.2, 0.25) is 5.02 Å². The van der Waals surface area contributed by atoms with Gasteiger partial charge < -0.3 is 5.32 Å². The highest BCUT2D eigenvalue weighted by Gasteiger charge is 2.07. The first kappa shape index (κ1) is 17.7. The van der Waals surface area contributed by atoms with Crippen LogP contribution >= 0.6 is 39.9 Å². The second-order valence-corrected chi connectivity index (χ2v) is 6.06. The van der Waals surface area contributed by atoms with E-state index in [1.54, 1.807) is 12.1 Å². The molecule has 0 saturated heterocycles. The highest BCUT2D eigenvalue weighted by Crippen LogP contribution is 2.23. The van der Waals surface area contributed by atoms with E-state index in [0.29, 0.717) is 17.1 Å². The zero-order valence-electron chi connectivity index (χ0n) is 12.0. The molecule has 0 unspecified atom stereocenters. The summed E-state index contributed by atoms with van der Waals surface area (Å²) in [6.45, 7) is 0.423.